The Morgan fingerprint density at radius 1 is 1.19 bits per heavy atom. The van der Waals surface area contributed by atoms with E-state index in [1.807, 2.05) is 0 Å². The molecule has 3 aromatic rings. The van der Waals surface area contributed by atoms with Crippen molar-refractivity contribution in [1.29, 1.82) is 0 Å². The fraction of sp³-hybridized carbons (Fsp3) is 0.238. The zero-order chi connectivity index (χ0) is 22.0. The van der Waals surface area contributed by atoms with E-state index in [0.29, 0.717) is 35.0 Å². The van der Waals surface area contributed by atoms with Crippen LogP contribution in [0.25, 0.3) is 10.6 Å². The van der Waals surface area contributed by atoms with E-state index in [-0.39, 0.29) is 28.1 Å². The molecule has 1 aromatic heterocycles. The molecule has 0 unspecified atom stereocenters. The van der Waals surface area contributed by atoms with Crippen LogP contribution in [-0.2, 0) is 21.2 Å². The Bertz CT molecular complexity index is 1220. The molecule has 4 rings (SSSR count). The third kappa shape index (κ3) is 4.95. The lowest BCUT2D eigenvalue weighted by Crippen LogP contribution is -2.28. The summed E-state index contributed by atoms with van der Waals surface area (Å²) in [5.41, 5.74) is 1.53. The van der Waals surface area contributed by atoms with E-state index < -0.39 is 10.0 Å². The summed E-state index contributed by atoms with van der Waals surface area (Å²) in [6.07, 6.45) is 1.64. The standard InChI is InChI=1S/C21H19ClFN3O3S2/c22-18-7-6-16(11-19(18)31(28,29)26-8-1-2-9-26)24-20(27)12-17-13-30-21(25-17)14-4-3-5-15(23)10-14/h3-7,10-11,13H,1-2,8-9,12H2,(H,24,27). The second-order valence-electron chi connectivity index (χ2n) is 7.14. The molecule has 6 nitrogen and oxygen atoms in total. The number of halogens is 2. The lowest BCUT2D eigenvalue weighted by molar-refractivity contribution is -0.115. The molecule has 0 radical (unpaired) electrons. The van der Waals surface area contributed by atoms with E-state index >= 15 is 0 Å². The van der Waals surface area contributed by atoms with Gasteiger partial charge in [0.1, 0.15) is 15.7 Å². The molecule has 0 aliphatic carbocycles. The van der Waals surface area contributed by atoms with Gasteiger partial charge in [-0.1, -0.05) is 23.7 Å². The Morgan fingerprint density at radius 3 is 2.71 bits per heavy atom. The van der Waals surface area contributed by atoms with E-state index in [2.05, 4.69) is 10.3 Å². The molecule has 2 heterocycles. The van der Waals surface area contributed by atoms with Crippen molar-refractivity contribution in [2.24, 2.45) is 0 Å². The Morgan fingerprint density at radius 2 is 1.97 bits per heavy atom. The maximum Gasteiger partial charge on any atom is 0.244 e. The van der Waals surface area contributed by atoms with Crippen molar-refractivity contribution < 1.29 is 17.6 Å². The van der Waals surface area contributed by atoms with Crippen molar-refractivity contribution in [2.75, 3.05) is 18.4 Å². The lowest BCUT2D eigenvalue weighted by Gasteiger charge is -2.17. The molecule has 10 heteroatoms. The number of anilines is 1. The first kappa shape index (κ1) is 21.9. The molecule has 1 aliphatic heterocycles. The number of hydrogen-bond donors (Lipinski definition) is 1. The van der Waals surface area contributed by atoms with E-state index in [0.717, 1.165) is 12.8 Å². The maximum absolute atomic E-state index is 13.4. The Kier molecular flexibility index (Phi) is 6.38. The molecule has 0 spiro atoms. The van der Waals surface area contributed by atoms with Crippen LogP contribution in [0.1, 0.15) is 18.5 Å². The van der Waals surface area contributed by atoms with Crippen LogP contribution in [0.3, 0.4) is 0 Å². The highest BCUT2D eigenvalue weighted by molar-refractivity contribution is 7.89. The first-order valence-corrected chi connectivity index (χ1v) is 12.3. The quantitative estimate of drug-likeness (QED) is 0.561. The Hall–Kier alpha value is -2.33. The van der Waals surface area contributed by atoms with E-state index in [9.17, 15) is 17.6 Å². The fourth-order valence-corrected chi connectivity index (χ4v) is 6.19. The Labute approximate surface area is 188 Å². The monoisotopic (exact) mass is 479 g/mol. The lowest BCUT2D eigenvalue weighted by atomic mass is 10.2. The highest BCUT2D eigenvalue weighted by Gasteiger charge is 2.29. The van der Waals surface area contributed by atoms with Gasteiger partial charge in [0, 0.05) is 29.7 Å². The average Bonchev–Trinajstić information content (AvgIpc) is 3.42. The van der Waals surface area contributed by atoms with Crippen LogP contribution in [0.5, 0.6) is 0 Å². The molecule has 162 valence electrons. The number of benzene rings is 2. The van der Waals surface area contributed by atoms with Gasteiger partial charge in [-0.15, -0.1) is 11.3 Å². The molecule has 1 amide bonds. The van der Waals surface area contributed by atoms with Crippen LogP contribution >= 0.6 is 22.9 Å². The number of carbonyl (C=O) groups is 1. The van der Waals surface area contributed by atoms with Crippen molar-refractivity contribution in [3.63, 3.8) is 0 Å². The minimum atomic E-state index is -3.71. The number of sulfonamides is 1. The van der Waals surface area contributed by atoms with Crippen LogP contribution in [0.4, 0.5) is 10.1 Å². The summed E-state index contributed by atoms with van der Waals surface area (Å²) < 4.78 is 40.5. The summed E-state index contributed by atoms with van der Waals surface area (Å²) in [5, 5.41) is 5.18. The molecular weight excluding hydrogens is 461 g/mol. The first-order chi connectivity index (χ1) is 14.8. The van der Waals surface area contributed by atoms with Crippen molar-refractivity contribution in [3.8, 4) is 10.6 Å². The summed E-state index contributed by atoms with van der Waals surface area (Å²) in [6, 6.07) is 10.5. The van der Waals surface area contributed by atoms with Crippen LogP contribution in [0, 0.1) is 5.82 Å². The summed E-state index contributed by atoms with van der Waals surface area (Å²) in [5.74, 6) is -0.697. The molecule has 1 saturated heterocycles. The van der Waals surface area contributed by atoms with Gasteiger partial charge in [-0.3, -0.25) is 4.79 Å². The number of nitrogens with zero attached hydrogens (tertiary/aromatic N) is 2. The van der Waals surface area contributed by atoms with Gasteiger partial charge in [-0.25, -0.2) is 17.8 Å². The van der Waals surface area contributed by atoms with Crippen LogP contribution < -0.4 is 5.32 Å². The third-order valence-corrected chi connectivity index (χ3v) is 8.18. The van der Waals surface area contributed by atoms with Crippen LogP contribution in [0.2, 0.25) is 5.02 Å². The molecule has 1 aliphatic rings. The van der Waals surface area contributed by atoms with Crippen molar-refractivity contribution >= 4 is 44.6 Å². The number of nitrogens with one attached hydrogen (secondary N) is 1. The number of carbonyl (C=O) groups excluding carboxylic acids is 1. The topological polar surface area (TPSA) is 79.4 Å². The maximum atomic E-state index is 13.4. The predicted molar refractivity (Wildman–Crippen MR) is 119 cm³/mol. The molecule has 1 fully saturated rings. The van der Waals surface area contributed by atoms with Gasteiger partial charge < -0.3 is 5.32 Å². The van der Waals surface area contributed by atoms with Gasteiger partial charge >= 0.3 is 0 Å². The van der Waals surface area contributed by atoms with Gasteiger partial charge in [0.05, 0.1) is 17.1 Å². The van der Waals surface area contributed by atoms with Crippen molar-refractivity contribution in [2.45, 2.75) is 24.2 Å². The number of thiazole rings is 1. The second kappa shape index (κ2) is 9.04. The van der Waals surface area contributed by atoms with E-state index in [4.69, 9.17) is 11.6 Å². The summed E-state index contributed by atoms with van der Waals surface area (Å²) in [7, 11) is -3.71. The molecular formula is C21H19ClFN3O3S2. The summed E-state index contributed by atoms with van der Waals surface area (Å²) in [6.45, 7) is 0.930. The number of hydrogen-bond acceptors (Lipinski definition) is 5. The molecule has 1 N–H and O–H groups in total. The van der Waals surface area contributed by atoms with Gasteiger partial charge in [-0.05, 0) is 43.2 Å². The molecule has 0 saturated carbocycles. The molecule has 0 atom stereocenters. The molecule has 31 heavy (non-hydrogen) atoms. The number of amides is 1. The summed E-state index contributed by atoms with van der Waals surface area (Å²) >= 11 is 7.47. The SMILES string of the molecule is O=C(Cc1csc(-c2cccc(F)c2)n1)Nc1ccc(Cl)c(S(=O)(=O)N2CCCC2)c1. The van der Waals surface area contributed by atoms with E-state index in [1.165, 1.54) is 39.9 Å². The normalized spacial score (nSPS) is 14.6. The predicted octanol–water partition coefficient (Wildman–Crippen LogP) is 4.57. The second-order valence-corrected chi connectivity index (χ2v) is 10.3. The average molecular weight is 480 g/mol. The molecule has 0 bridgehead atoms. The first-order valence-electron chi connectivity index (χ1n) is 9.63. The van der Waals surface area contributed by atoms with Crippen LogP contribution in [0.15, 0.2) is 52.7 Å². The minimum Gasteiger partial charge on any atom is -0.326 e. The highest BCUT2D eigenvalue weighted by atomic mass is 35.5. The fourth-order valence-electron chi connectivity index (χ4n) is 3.36. The highest BCUT2D eigenvalue weighted by Crippen LogP contribution is 2.30. The van der Waals surface area contributed by atoms with Gasteiger partial charge in [0.15, 0.2) is 0 Å². The van der Waals surface area contributed by atoms with Crippen molar-refractivity contribution in [1.82, 2.24) is 9.29 Å². The van der Waals surface area contributed by atoms with Gasteiger partial charge in [-0.2, -0.15) is 4.31 Å². The van der Waals surface area contributed by atoms with E-state index in [1.54, 1.807) is 23.6 Å². The number of aromatic nitrogens is 1. The third-order valence-electron chi connectivity index (χ3n) is 4.86. The number of rotatable bonds is 6. The Balaban J connectivity index is 1.47. The smallest absolute Gasteiger partial charge is 0.244 e. The van der Waals surface area contributed by atoms with Gasteiger partial charge in [0.25, 0.3) is 0 Å². The largest absolute Gasteiger partial charge is 0.326 e. The summed E-state index contributed by atoms with van der Waals surface area (Å²) in [4.78, 5) is 16.9. The van der Waals surface area contributed by atoms with Crippen LogP contribution in [-0.4, -0.2) is 36.7 Å². The van der Waals surface area contributed by atoms with Gasteiger partial charge in [0.2, 0.25) is 15.9 Å². The van der Waals surface area contributed by atoms with Crippen molar-refractivity contribution in [3.05, 3.63) is 64.4 Å². The minimum absolute atomic E-state index is 0.00263. The molecule has 2 aromatic carbocycles. The zero-order valence-corrected chi connectivity index (χ0v) is 18.7. The zero-order valence-electron chi connectivity index (χ0n) is 16.3.